The van der Waals surface area contributed by atoms with E-state index in [4.69, 9.17) is 5.11 Å². The van der Waals surface area contributed by atoms with Crippen LogP contribution in [0.15, 0.2) is 18.3 Å². The molecule has 2 aliphatic heterocycles. The zero-order valence-electron chi connectivity index (χ0n) is 13.1. The van der Waals surface area contributed by atoms with Crippen LogP contribution in [0.5, 0.6) is 0 Å². The number of carboxylic acid groups (broad SMARTS) is 1. The molecule has 0 spiro atoms. The summed E-state index contributed by atoms with van der Waals surface area (Å²) >= 11 is 0. The van der Waals surface area contributed by atoms with E-state index in [2.05, 4.69) is 15.2 Å². The molecule has 0 radical (unpaired) electrons. The van der Waals surface area contributed by atoms with E-state index in [1.54, 1.807) is 17.2 Å². The normalized spacial score (nSPS) is 19.0. The highest BCUT2D eigenvalue weighted by Gasteiger charge is 2.25. The molecule has 2 saturated heterocycles. The fraction of sp³-hybridized carbons (Fsp3) is 0.562. The van der Waals surface area contributed by atoms with Gasteiger partial charge in [0.25, 0.3) is 5.91 Å². The third-order valence-corrected chi connectivity index (χ3v) is 4.53. The summed E-state index contributed by atoms with van der Waals surface area (Å²) in [7, 11) is 0. The Morgan fingerprint density at radius 1 is 1.17 bits per heavy atom. The fourth-order valence-corrected chi connectivity index (χ4v) is 3.25. The fourth-order valence-electron chi connectivity index (χ4n) is 3.25. The Labute approximate surface area is 135 Å². The maximum atomic E-state index is 12.6. The minimum Gasteiger partial charge on any atom is -0.465 e. The van der Waals surface area contributed by atoms with Crippen molar-refractivity contribution in [3.8, 4) is 0 Å². The van der Waals surface area contributed by atoms with Crippen LogP contribution in [0.3, 0.4) is 0 Å². The molecular formula is C16H22N4O3. The summed E-state index contributed by atoms with van der Waals surface area (Å²) in [5, 5.41) is 11.2. The van der Waals surface area contributed by atoms with Gasteiger partial charge in [-0.3, -0.25) is 4.79 Å². The first-order valence-corrected chi connectivity index (χ1v) is 8.13. The molecule has 3 heterocycles. The second kappa shape index (κ2) is 6.85. The van der Waals surface area contributed by atoms with Crippen molar-refractivity contribution in [2.45, 2.75) is 31.7 Å². The Hall–Kier alpha value is -2.31. The lowest BCUT2D eigenvalue weighted by molar-refractivity contribution is 0.0706. The molecule has 23 heavy (non-hydrogen) atoms. The van der Waals surface area contributed by atoms with Crippen molar-refractivity contribution in [3.05, 3.63) is 23.9 Å². The number of piperidine rings is 1. The van der Waals surface area contributed by atoms with Crippen LogP contribution in [-0.4, -0.2) is 59.2 Å². The lowest BCUT2D eigenvalue weighted by Crippen LogP contribution is -2.46. The van der Waals surface area contributed by atoms with Crippen LogP contribution in [0, 0.1) is 0 Å². The van der Waals surface area contributed by atoms with Crippen molar-refractivity contribution in [2.24, 2.45) is 0 Å². The average Bonchev–Trinajstić information content (AvgIpc) is 3.09. The number of rotatable bonds is 3. The lowest BCUT2D eigenvalue weighted by atomic mass is 10.0. The summed E-state index contributed by atoms with van der Waals surface area (Å²) in [6, 6.07) is 3.56. The Morgan fingerprint density at radius 3 is 2.52 bits per heavy atom. The number of hydrogen-bond acceptors (Lipinski definition) is 4. The molecule has 1 aromatic heterocycles. The van der Waals surface area contributed by atoms with Gasteiger partial charge in [0.15, 0.2) is 0 Å². The number of nitrogens with zero attached hydrogens (tertiary/aromatic N) is 3. The second-order valence-corrected chi connectivity index (χ2v) is 6.11. The monoisotopic (exact) mass is 318 g/mol. The molecular weight excluding hydrogens is 296 g/mol. The van der Waals surface area contributed by atoms with Gasteiger partial charge in [-0.05, 0) is 37.8 Å². The van der Waals surface area contributed by atoms with Gasteiger partial charge in [-0.25, -0.2) is 9.78 Å². The van der Waals surface area contributed by atoms with E-state index < -0.39 is 6.09 Å². The number of carbonyl (C=O) groups is 2. The van der Waals surface area contributed by atoms with E-state index in [1.807, 2.05) is 6.07 Å². The summed E-state index contributed by atoms with van der Waals surface area (Å²) < 4.78 is 0. The minimum atomic E-state index is -1.00. The largest absolute Gasteiger partial charge is 0.465 e. The highest BCUT2D eigenvalue weighted by Crippen LogP contribution is 2.20. The summed E-state index contributed by atoms with van der Waals surface area (Å²) in [6.45, 7) is 3.14. The van der Waals surface area contributed by atoms with Crippen LogP contribution in [0.2, 0.25) is 0 Å². The molecule has 0 aliphatic carbocycles. The van der Waals surface area contributed by atoms with Gasteiger partial charge in [-0.2, -0.15) is 0 Å². The molecule has 0 saturated carbocycles. The molecule has 7 heteroatoms. The average molecular weight is 318 g/mol. The summed E-state index contributed by atoms with van der Waals surface area (Å²) in [6.07, 6.45) is 4.34. The first-order chi connectivity index (χ1) is 11.1. The topological polar surface area (TPSA) is 85.8 Å². The van der Waals surface area contributed by atoms with Crippen molar-refractivity contribution in [1.29, 1.82) is 0 Å². The van der Waals surface area contributed by atoms with Crippen LogP contribution >= 0.6 is 0 Å². The van der Waals surface area contributed by atoms with Crippen LogP contribution in [0.4, 0.5) is 10.6 Å². The van der Waals surface area contributed by atoms with Crippen LogP contribution in [-0.2, 0) is 0 Å². The highest BCUT2D eigenvalue weighted by molar-refractivity contribution is 5.95. The van der Waals surface area contributed by atoms with Crippen LogP contribution in [0.25, 0.3) is 0 Å². The molecule has 2 fully saturated rings. The molecule has 124 valence electrons. The zero-order valence-corrected chi connectivity index (χ0v) is 13.1. The SMILES string of the molecule is O=C(O)NC1CCN(C(=O)c2ccnc(N3CCCC3)c2)CC1. The zero-order chi connectivity index (χ0) is 16.2. The maximum absolute atomic E-state index is 12.6. The number of nitrogens with one attached hydrogen (secondary N) is 1. The molecule has 2 amide bonds. The first kappa shape index (κ1) is 15.6. The van der Waals surface area contributed by atoms with Gasteiger partial charge < -0.3 is 20.2 Å². The Kier molecular flexibility index (Phi) is 4.64. The van der Waals surface area contributed by atoms with E-state index in [0.717, 1.165) is 18.9 Å². The van der Waals surface area contributed by atoms with Gasteiger partial charge in [0.1, 0.15) is 5.82 Å². The van der Waals surface area contributed by atoms with Gasteiger partial charge in [0.2, 0.25) is 0 Å². The van der Waals surface area contributed by atoms with Gasteiger partial charge in [0.05, 0.1) is 0 Å². The van der Waals surface area contributed by atoms with Crippen molar-refractivity contribution in [3.63, 3.8) is 0 Å². The maximum Gasteiger partial charge on any atom is 0.404 e. The highest BCUT2D eigenvalue weighted by atomic mass is 16.4. The second-order valence-electron chi connectivity index (χ2n) is 6.11. The first-order valence-electron chi connectivity index (χ1n) is 8.13. The summed E-state index contributed by atoms with van der Waals surface area (Å²) in [5.41, 5.74) is 0.659. The Balaban J connectivity index is 1.62. The third-order valence-electron chi connectivity index (χ3n) is 4.53. The number of carbonyl (C=O) groups excluding carboxylic acids is 1. The number of hydrogen-bond donors (Lipinski definition) is 2. The van der Waals surface area contributed by atoms with Crippen molar-refractivity contribution in [2.75, 3.05) is 31.1 Å². The molecule has 0 unspecified atom stereocenters. The van der Waals surface area contributed by atoms with Gasteiger partial charge in [0, 0.05) is 44.0 Å². The van der Waals surface area contributed by atoms with Crippen LogP contribution < -0.4 is 10.2 Å². The quantitative estimate of drug-likeness (QED) is 0.883. The molecule has 2 aliphatic rings. The number of likely N-dealkylation sites (tertiary alicyclic amines) is 1. The molecule has 1 aromatic rings. The predicted octanol–water partition coefficient (Wildman–Crippen LogP) is 1.55. The van der Waals surface area contributed by atoms with Gasteiger partial charge >= 0.3 is 6.09 Å². The number of anilines is 1. The molecule has 7 nitrogen and oxygen atoms in total. The predicted molar refractivity (Wildman–Crippen MR) is 85.8 cm³/mol. The standard InChI is InChI=1S/C16H22N4O3/c21-15(20-9-4-13(5-10-20)18-16(22)23)12-3-6-17-14(11-12)19-7-1-2-8-19/h3,6,11,13,18H,1-2,4-5,7-10H2,(H,22,23). The minimum absolute atomic E-state index is 0.00150. The molecule has 0 bridgehead atoms. The molecule has 3 rings (SSSR count). The van der Waals surface area contributed by atoms with Gasteiger partial charge in [-0.15, -0.1) is 0 Å². The van der Waals surface area contributed by atoms with E-state index in [0.29, 0.717) is 31.5 Å². The van der Waals surface area contributed by atoms with Gasteiger partial charge in [-0.1, -0.05) is 0 Å². The molecule has 0 atom stereocenters. The molecule has 2 N–H and O–H groups in total. The van der Waals surface area contributed by atoms with E-state index >= 15 is 0 Å². The number of amides is 2. The Morgan fingerprint density at radius 2 is 1.87 bits per heavy atom. The van der Waals surface area contributed by atoms with E-state index in [1.165, 1.54) is 12.8 Å². The summed E-state index contributed by atoms with van der Waals surface area (Å²) in [4.78, 5) is 31.7. The van der Waals surface area contributed by atoms with Crippen molar-refractivity contribution in [1.82, 2.24) is 15.2 Å². The van der Waals surface area contributed by atoms with Crippen molar-refractivity contribution < 1.29 is 14.7 Å². The van der Waals surface area contributed by atoms with E-state index in [9.17, 15) is 9.59 Å². The summed E-state index contributed by atoms with van der Waals surface area (Å²) in [5.74, 6) is 0.873. The smallest absolute Gasteiger partial charge is 0.404 e. The van der Waals surface area contributed by atoms with Crippen LogP contribution in [0.1, 0.15) is 36.0 Å². The molecule has 0 aromatic carbocycles. The van der Waals surface area contributed by atoms with E-state index in [-0.39, 0.29) is 11.9 Å². The van der Waals surface area contributed by atoms with Crippen molar-refractivity contribution >= 4 is 17.8 Å². The lowest BCUT2D eigenvalue weighted by Gasteiger charge is -2.32. The third kappa shape index (κ3) is 3.72. The number of pyridine rings is 1. The Bertz CT molecular complexity index is 578. The number of aromatic nitrogens is 1.